The summed E-state index contributed by atoms with van der Waals surface area (Å²) in [6, 6.07) is 6.54. The van der Waals surface area contributed by atoms with Crippen LogP contribution in [0.1, 0.15) is 23.2 Å². The molecule has 7 heteroatoms. The first-order valence-corrected chi connectivity index (χ1v) is 8.70. The average molecular weight is 347 g/mol. The van der Waals surface area contributed by atoms with Crippen LogP contribution in [-0.2, 0) is 9.53 Å². The van der Waals surface area contributed by atoms with E-state index in [0.29, 0.717) is 44.6 Å². The number of rotatable bonds is 3. The number of carbonyl (C=O) groups is 2. The van der Waals surface area contributed by atoms with Gasteiger partial charge in [0.25, 0.3) is 11.8 Å². The minimum absolute atomic E-state index is 0.0148. The molecular formula is C18H25N3O4. The Bertz CT molecular complexity index is 635. The lowest BCUT2D eigenvalue weighted by Gasteiger charge is -2.42. The number of phenols is 1. The largest absolute Gasteiger partial charge is 0.507 e. The maximum absolute atomic E-state index is 12.9. The zero-order valence-corrected chi connectivity index (χ0v) is 14.5. The Morgan fingerprint density at radius 3 is 2.28 bits per heavy atom. The van der Waals surface area contributed by atoms with Crippen molar-refractivity contribution in [2.24, 2.45) is 0 Å². The van der Waals surface area contributed by atoms with Crippen LogP contribution in [-0.4, -0.2) is 78.7 Å². The molecule has 2 amide bonds. The SMILES string of the molecule is COC1(C(=O)N2CCN(C(=O)c3ccccc3O)CC2)CCNCC1. The number of aromatic hydroxyl groups is 1. The molecular weight excluding hydrogens is 322 g/mol. The summed E-state index contributed by atoms with van der Waals surface area (Å²) >= 11 is 0. The predicted octanol–water partition coefficient (Wildman–Crippen LogP) is 0.445. The standard InChI is InChI=1S/C18H25N3O4/c1-25-18(6-8-19-9-7-18)17(24)21-12-10-20(11-13-21)16(23)14-4-2-3-5-15(14)22/h2-5,19,22H,6-13H2,1H3. The second-order valence-corrected chi connectivity index (χ2v) is 6.55. The smallest absolute Gasteiger partial charge is 0.257 e. The van der Waals surface area contributed by atoms with E-state index in [1.54, 1.807) is 35.1 Å². The predicted molar refractivity (Wildman–Crippen MR) is 92.4 cm³/mol. The fraction of sp³-hybridized carbons (Fsp3) is 0.556. The highest BCUT2D eigenvalue weighted by Gasteiger charge is 2.43. The third kappa shape index (κ3) is 3.48. The molecule has 1 aromatic carbocycles. The molecule has 2 fully saturated rings. The van der Waals surface area contributed by atoms with Gasteiger partial charge in [-0.25, -0.2) is 0 Å². The summed E-state index contributed by atoms with van der Waals surface area (Å²) < 4.78 is 5.61. The van der Waals surface area contributed by atoms with Crippen molar-refractivity contribution in [1.29, 1.82) is 0 Å². The lowest BCUT2D eigenvalue weighted by atomic mass is 9.90. The Morgan fingerprint density at radius 2 is 1.68 bits per heavy atom. The molecule has 0 aromatic heterocycles. The second-order valence-electron chi connectivity index (χ2n) is 6.55. The quantitative estimate of drug-likeness (QED) is 0.829. The van der Waals surface area contributed by atoms with Crippen molar-refractivity contribution >= 4 is 11.8 Å². The van der Waals surface area contributed by atoms with Crippen molar-refractivity contribution in [1.82, 2.24) is 15.1 Å². The highest BCUT2D eigenvalue weighted by atomic mass is 16.5. The number of benzene rings is 1. The van der Waals surface area contributed by atoms with Gasteiger partial charge in [0.1, 0.15) is 11.4 Å². The monoisotopic (exact) mass is 347 g/mol. The van der Waals surface area contributed by atoms with Gasteiger partial charge < -0.3 is 25.0 Å². The number of carbonyl (C=O) groups excluding carboxylic acids is 2. The number of hydrogen-bond donors (Lipinski definition) is 2. The number of nitrogens with one attached hydrogen (secondary N) is 1. The molecule has 0 atom stereocenters. The first-order chi connectivity index (χ1) is 12.1. The fourth-order valence-corrected chi connectivity index (χ4v) is 3.56. The van der Waals surface area contributed by atoms with E-state index in [9.17, 15) is 14.7 Å². The van der Waals surface area contributed by atoms with Crippen LogP contribution in [0.5, 0.6) is 5.75 Å². The van der Waals surface area contributed by atoms with Crippen LogP contribution < -0.4 is 5.32 Å². The first-order valence-electron chi connectivity index (χ1n) is 8.70. The van der Waals surface area contributed by atoms with Crippen LogP contribution in [0, 0.1) is 0 Å². The summed E-state index contributed by atoms with van der Waals surface area (Å²) in [7, 11) is 1.60. The summed E-state index contributed by atoms with van der Waals surface area (Å²) in [5.41, 5.74) is -0.441. The van der Waals surface area contributed by atoms with Crippen LogP contribution in [0.4, 0.5) is 0 Å². The zero-order chi connectivity index (χ0) is 17.9. The normalized spacial score (nSPS) is 20.4. The molecule has 0 aliphatic carbocycles. The van der Waals surface area contributed by atoms with Gasteiger partial charge in [-0.15, -0.1) is 0 Å². The third-order valence-corrected chi connectivity index (χ3v) is 5.18. The molecule has 0 unspecified atom stereocenters. The molecule has 0 radical (unpaired) electrons. The molecule has 0 bridgehead atoms. The van der Waals surface area contributed by atoms with E-state index in [1.807, 2.05) is 0 Å². The molecule has 2 aliphatic heterocycles. The molecule has 3 rings (SSSR count). The summed E-state index contributed by atoms with van der Waals surface area (Å²) in [6.45, 7) is 3.41. The van der Waals surface area contributed by atoms with Gasteiger partial charge in [-0.3, -0.25) is 9.59 Å². The number of piperazine rings is 1. The maximum atomic E-state index is 12.9. The van der Waals surface area contributed by atoms with E-state index in [0.717, 1.165) is 13.1 Å². The number of piperidine rings is 1. The zero-order valence-electron chi connectivity index (χ0n) is 14.5. The summed E-state index contributed by atoms with van der Waals surface area (Å²) in [4.78, 5) is 29.0. The van der Waals surface area contributed by atoms with Crippen LogP contribution in [0.3, 0.4) is 0 Å². The van der Waals surface area contributed by atoms with E-state index in [-0.39, 0.29) is 17.6 Å². The minimum atomic E-state index is -0.741. The first kappa shape index (κ1) is 17.7. The van der Waals surface area contributed by atoms with E-state index in [1.165, 1.54) is 6.07 Å². The Kier molecular flexibility index (Phi) is 5.24. The van der Waals surface area contributed by atoms with Crippen molar-refractivity contribution in [2.75, 3.05) is 46.4 Å². The Hall–Kier alpha value is -2.12. The lowest BCUT2D eigenvalue weighted by Crippen LogP contribution is -2.59. The molecule has 1 aromatic rings. The van der Waals surface area contributed by atoms with Gasteiger partial charge in [-0.05, 0) is 38.1 Å². The molecule has 2 saturated heterocycles. The van der Waals surface area contributed by atoms with Crippen LogP contribution in [0.15, 0.2) is 24.3 Å². The maximum Gasteiger partial charge on any atom is 0.257 e. The number of para-hydroxylation sites is 1. The van der Waals surface area contributed by atoms with Crippen LogP contribution in [0.2, 0.25) is 0 Å². The van der Waals surface area contributed by atoms with E-state index >= 15 is 0 Å². The molecule has 2 heterocycles. The fourth-order valence-electron chi connectivity index (χ4n) is 3.56. The highest BCUT2D eigenvalue weighted by Crippen LogP contribution is 2.26. The number of hydrogen-bond acceptors (Lipinski definition) is 5. The Morgan fingerprint density at radius 1 is 1.08 bits per heavy atom. The van der Waals surface area contributed by atoms with E-state index < -0.39 is 5.60 Å². The number of phenolic OH excluding ortho intramolecular Hbond substituents is 1. The van der Waals surface area contributed by atoms with Gasteiger partial charge in [-0.2, -0.15) is 0 Å². The second kappa shape index (κ2) is 7.41. The Labute approximate surface area is 147 Å². The number of methoxy groups -OCH3 is 1. The van der Waals surface area contributed by atoms with E-state index in [2.05, 4.69) is 5.32 Å². The summed E-state index contributed by atoms with van der Waals surface area (Å²) in [6.07, 6.45) is 1.33. The number of amides is 2. The molecule has 136 valence electrons. The van der Waals surface area contributed by atoms with Gasteiger partial charge in [0.2, 0.25) is 0 Å². The molecule has 2 aliphatic rings. The third-order valence-electron chi connectivity index (χ3n) is 5.18. The van der Waals surface area contributed by atoms with Crippen LogP contribution in [0.25, 0.3) is 0 Å². The van der Waals surface area contributed by atoms with Crippen molar-refractivity contribution in [3.8, 4) is 5.75 Å². The lowest BCUT2D eigenvalue weighted by molar-refractivity contribution is -0.159. The van der Waals surface area contributed by atoms with E-state index in [4.69, 9.17) is 4.74 Å². The van der Waals surface area contributed by atoms with Gasteiger partial charge in [-0.1, -0.05) is 12.1 Å². The molecule has 7 nitrogen and oxygen atoms in total. The summed E-state index contributed by atoms with van der Waals surface area (Å²) in [5.74, 6) is -0.196. The minimum Gasteiger partial charge on any atom is -0.507 e. The summed E-state index contributed by atoms with van der Waals surface area (Å²) in [5, 5.41) is 13.1. The van der Waals surface area contributed by atoms with Crippen LogP contribution >= 0.6 is 0 Å². The molecule has 0 saturated carbocycles. The number of ether oxygens (including phenoxy) is 1. The van der Waals surface area contributed by atoms with Crippen molar-refractivity contribution in [3.05, 3.63) is 29.8 Å². The highest BCUT2D eigenvalue weighted by molar-refractivity contribution is 5.97. The Balaban J connectivity index is 1.62. The van der Waals surface area contributed by atoms with Gasteiger partial charge in [0.15, 0.2) is 0 Å². The topological polar surface area (TPSA) is 82.1 Å². The molecule has 2 N–H and O–H groups in total. The van der Waals surface area contributed by atoms with Gasteiger partial charge in [0.05, 0.1) is 5.56 Å². The van der Waals surface area contributed by atoms with Gasteiger partial charge >= 0.3 is 0 Å². The van der Waals surface area contributed by atoms with Crippen molar-refractivity contribution in [2.45, 2.75) is 18.4 Å². The average Bonchev–Trinajstić information content (AvgIpc) is 2.68. The molecule has 25 heavy (non-hydrogen) atoms. The number of nitrogens with zero attached hydrogens (tertiary/aromatic N) is 2. The molecule has 0 spiro atoms. The van der Waals surface area contributed by atoms with Crippen molar-refractivity contribution in [3.63, 3.8) is 0 Å². The van der Waals surface area contributed by atoms with Gasteiger partial charge in [0, 0.05) is 33.3 Å². The van der Waals surface area contributed by atoms with Crippen molar-refractivity contribution < 1.29 is 19.4 Å².